The van der Waals surface area contributed by atoms with Crippen LogP contribution in [-0.4, -0.2) is 77.9 Å². The average Bonchev–Trinajstić information content (AvgIpc) is 3.94. The number of thiazole rings is 1. The van der Waals surface area contributed by atoms with Crippen LogP contribution >= 0.6 is 11.3 Å². The van der Waals surface area contributed by atoms with Gasteiger partial charge in [0, 0.05) is 67.6 Å². The van der Waals surface area contributed by atoms with Crippen molar-refractivity contribution in [1.29, 1.82) is 0 Å². The largest absolute Gasteiger partial charge is 0.371 e. The first kappa shape index (κ1) is 44.9. The molecule has 0 spiro atoms. The lowest BCUT2D eigenvalue weighted by Gasteiger charge is -2.33. The van der Waals surface area contributed by atoms with E-state index in [1.807, 2.05) is 62.1 Å². The fraction of sp³-hybridized carbons (Fsp3) is 0.417. The molecule has 0 saturated carbocycles. The van der Waals surface area contributed by atoms with Gasteiger partial charge in [0.2, 0.25) is 33.7 Å². The van der Waals surface area contributed by atoms with E-state index >= 15 is 4.39 Å². The van der Waals surface area contributed by atoms with E-state index in [0.29, 0.717) is 53.8 Å². The van der Waals surface area contributed by atoms with Crippen molar-refractivity contribution >= 4 is 62.1 Å². The second-order valence-corrected chi connectivity index (χ2v) is 20.9. The third kappa shape index (κ3) is 10.3. The predicted octanol–water partition coefficient (Wildman–Crippen LogP) is 8.74. The highest BCUT2D eigenvalue weighted by Gasteiger charge is 2.32. The predicted molar refractivity (Wildman–Crippen MR) is 250 cm³/mol. The molecule has 5 aromatic rings. The van der Waals surface area contributed by atoms with E-state index in [-0.39, 0.29) is 52.0 Å². The number of carbonyl (C=O) groups excluding carboxylic acids is 3. The van der Waals surface area contributed by atoms with Gasteiger partial charge in [-0.2, -0.15) is 0 Å². The minimum absolute atomic E-state index is 0.118. The number of amides is 3. The van der Waals surface area contributed by atoms with Crippen LogP contribution < -0.4 is 20.3 Å². The van der Waals surface area contributed by atoms with E-state index in [2.05, 4.69) is 37.4 Å². The molecule has 0 bridgehead atoms. The summed E-state index contributed by atoms with van der Waals surface area (Å²) in [6, 6.07) is 22.7. The summed E-state index contributed by atoms with van der Waals surface area (Å²) in [4.78, 5) is 56.5. The molecule has 336 valence electrons. The summed E-state index contributed by atoms with van der Waals surface area (Å²) >= 11 is 1.42. The van der Waals surface area contributed by atoms with Gasteiger partial charge in [-0.15, -0.1) is 11.3 Å². The normalized spacial score (nSPS) is 18.6. The summed E-state index contributed by atoms with van der Waals surface area (Å²) in [7, 11) is -3.72. The SMILES string of the molecule is CCCS(=O)(=O)Nc1cccc(-c2nc(C(C)(C)C)sc2-c2ccnc(Nc3ccc(C4CCN(C(=O)C[C@H]5CCN(c6ccc(C7CCC(=O)NC7=O)cc6)C5)CC4)cc3)n2)c1F. The van der Waals surface area contributed by atoms with Crippen molar-refractivity contribution in [3.8, 4) is 21.8 Å². The van der Waals surface area contributed by atoms with Crippen LogP contribution in [0.4, 0.5) is 27.4 Å². The Morgan fingerprint density at radius 3 is 2.36 bits per heavy atom. The first-order chi connectivity index (χ1) is 30.6. The number of benzene rings is 3. The number of likely N-dealkylation sites (tertiary alicyclic amines) is 1. The molecule has 8 rings (SSSR count). The van der Waals surface area contributed by atoms with Gasteiger partial charge < -0.3 is 15.1 Å². The van der Waals surface area contributed by atoms with E-state index in [9.17, 15) is 22.8 Å². The van der Waals surface area contributed by atoms with Crippen LogP contribution in [0.5, 0.6) is 0 Å². The number of hydrogen-bond donors (Lipinski definition) is 3. The second kappa shape index (κ2) is 18.8. The monoisotopic (exact) mass is 906 g/mol. The molecule has 3 saturated heterocycles. The van der Waals surface area contributed by atoms with Gasteiger partial charge in [0.05, 0.1) is 38.6 Å². The van der Waals surface area contributed by atoms with Crippen molar-refractivity contribution in [2.24, 2.45) is 5.92 Å². The van der Waals surface area contributed by atoms with E-state index < -0.39 is 15.8 Å². The summed E-state index contributed by atoms with van der Waals surface area (Å²) in [6.07, 6.45) is 6.21. The maximum atomic E-state index is 16.1. The Bertz CT molecular complexity index is 2620. The molecular formula is C48H55FN8O5S2. The van der Waals surface area contributed by atoms with Crippen LogP contribution in [0, 0.1) is 11.7 Å². The molecule has 2 atom stereocenters. The van der Waals surface area contributed by atoms with Crippen LogP contribution in [0.1, 0.15) is 101 Å². The van der Waals surface area contributed by atoms with Crippen LogP contribution in [0.15, 0.2) is 79.0 Å². The number of nitrogens with zero attached hydrogens (tertiary/aromatic N) is 5. The quantitative estimate of drug-likeness (QED) is 0.0973. The number of rotatable bonds is 13. The molecule has 3 aliphatic rings. The van der Waals surface area contributed by atoms with E-state index in [0.717, 1.165) is 67.4 Å². The number of piperidine rings is 2. The smallest absolute Gasteiger partial charge is 0.234 e. The van der Waals surface area contributed by atoms with Gasteiger partial charge in [-0.1, -0.05) is 58.0 Å². The Hall–Kier alpha value is -5.74. The topological polar surface area (TPSA) is 167 Å². The van der Waals surface area contributed by atoms with Gasteiger partial charge in [-0.3, -0.25) is 24.4 Å². The van der Waals surface area contributed by atoms with Gasteiger partial charge in [0.25, 0.3) is 0 Å². The van der Waals surface area contributed by atoms with E-state index in [1.165, 1.54) is 23.0 Å². The molecular weight excluding hydrogens is 852 g/mol. The molecule has 13 nitrogen and oxygen atoms in total. The molecule has 0 aliphatic carbocycles. The summed E-state index contributed by atoms with van der Waals surface area (Å²) in [5.41, 5.74) is 4.67. The summed E-state index contributed by atoms with van der Waals surface area (Å²) in [5.74, 6) is -0.354. The summed E-state index contributed by atoms with van der Waals surface area (Å²) in [5, 5.41) is 6.54. The minimum Gasteiger partial charge on any atom is -0.371 e. The molecule has 64 heavy (non-hydrogen) atoms. The number of anilines is 4. The standard InChI is InChI=1S/C48H55FN8O5S2/c1-5-27-64(61,62)55-38-8-6-7-37(42(38)49)43-44(63-46(54-43)48(2,3)4)39-19-23-50-47(52-39)51-34-13-9-31(10-14-34)32-21-25-56(26-22-32)41(59)28-30-20-24-57(29-30)35-15-11-33(12-16-35)36-17-18-40(58)53-45(36)60/h6-16,19,23,30,32,36,55H,5,17-18,20-22,24-29H2,1-4H3,(H,50,51,52)(H,53,58,60)/t30-,36?/m1/s1. The zero-order chi connectivity index (χ0) is 45.2. The highest BCUT2D eigenvalue weighted by atomic mass is 32.2. The molecule has 0 radical (unpaired) electrons. The average molecular weight is 907 g/mol. The molecule has 3 fully saturated rings. The summed E-state index contributed by atoms with van der Waals surface area (Å²) in [6.45, 7) is 11.0. The highest BCUT2D eigenvalue weighted by molar-refractivity contribution is 7.92. The van der Waals surface area contributed by atoms with Crippen molar-refractivity contribution in [2.75, 3.05) is 46.9 Å². The van der Waals surface area contributed by atoms with Crippen molar-refractivity contribution in [1.82, 2.24) is 25.2 Å². The van der Waals surface area contributed by atoms with E-state index in [4.69, 9.17) is 9.97 Å². The number of sulfonamides is 1. The zero-order valence-corrected chi connectivity index (χ0v) is 38.3. The van der Waals surface area contributed by atoms with Crippen LogP contribution in [0.3, 0.4) is 0 Å². The molecule has 2 aromatic heterocycles. The Labute approximate surface area is 378 Å². The molecule has 1 unspecified atom stereocenters. The number of nitrogens with one attached hydrogen (secondary N) is 3. The first-order valence-electron chi connectivity index (χ1n) is 22.1. The Morgan fingerprint density at radius 2 is 1.66 bits per heavy atom. The minimum atomic E-state index is -3.72. The Balaban J connectivity index is 0.861. The van der Waals surface area contributed by atoms with Crippen molar-refractivity contribution < 1.29 is 27.2 Å². The third-order valence-electron chi connectivity index (χ3n) is 12.3. The van der Waals surface area contributed by atoms with Crippen molar-refractivity contribution in [3.05, 3.63) is 101 Å². The van der Waals surface area contributed by atoms with Crippen molar-refractivity contribution in [2.45, 2.75) is 89.9 Å². The maximum Gasteiger partial charge on any atom is 0.234 e. The van der Waals surface area contributed by atoms with Gasteiger partial charge in [0.15, 0.2) is 5.82 Å². The van der Waals surface area contributed by atoms with E-state index in [1.54, 1.807) is 31.3 Å². The molecule has 3 aliphatic heterocycles. The van der Waals surface area contributed by atoms with Gasteiger partial charge >= 0.3 is 0 Å². The molecule has 3 amide bonds. The second-order valence-electron chi connectivity index (χ2n) is 18.1. The summed E-state index contributed by atoms with van der Waals surface area (Å²) < 4.78 is 43.5. The number of aromatic nitrogens is 3. The third-order valence-corrected chi connectivity index (χ3v) is 15.3. The Kier molecular flexibility index (Phi) is 13.2. The lowest BCUT2D eigenvalue weighted by Crippen LogP contribution is -2.39. The van der Waals surface area contributed by atoms with Gasteiger partial charge in [0.1, 0.15) is 0 Å². The fourth-order valence-corrected chi connectivity index (χ4v) is 11.0. The highest BCUT2D eigenvalue weighted by Crippen LogP contribution is 2.42. The fourth-order valence-electron chi connectivity index (χ4n) is 8.79. The molecule has 3 N–H and O–H groups in total. The van der Waals surface area contributed by atoms with Crippen molar-refractivity contribution in [3.63, 3.8) is 0 Å². The van der Waals surface area contributed by atoms with Crippen LogP contribution in [0.25, 0.3) is 21.8 Å². The number of imide groups is 1. The zero-order valence-electron chi connectivity index (χ0n) is 36.7. The number of hydrogen-bond acceptors (Lipinski definition) is 11. The maximum absolute atomic E-state index is 16.1. The first-order valence-corrected chi connectivity index (χ1v) is 24.6. The Morgan fingerprint density at radius 1 is 0.922 bits per heavy atom. The number of carbonyl (C=O) groups is 3. The molecule has 16 heteroatoms. The molecule has 3 aromatic carbocycles. The lowest BCUT2D eigenvalue weighted by atomic mass is 9.89. The lowest BCUT2D eigenvalue weighted by molar-refractivity contribution is -0.135. The molecule has 5 heterocycles. The van der Waals surface area contributed by atoms with Crippen LogP contribution in [-0.2, 0) is 29.8 Å². The van der Waals surface area contributed by atoms with Crippen LogP contribution in [0.2, 0.25) is 0 Å². The van der Waals surface area contributed by atoms with Gasteiger partial charge in [-0.05, 0) is 97.5 Å². The number of halogens is 1. The van der Waals surface area contributed by atoms with Gasteiger partial charge in [-0.25, -0.2) is 27.8 Å².